The van der Waals surface area contributed by atoms with Crippen LogP contribution in [-0.4, -0.2) is 41.8 Å². The van der Waals surface area contributed by atoms with E-state index in [-0.39, 0.29) is 17.7 Å². The number of Topliss-reactive ketones (excluding diaryl/α,β-unsaturated/α-hetero) is 1. The van der Waals surface area contributed by atoms with Crippen LogP contribution in [0.15, 0.2) is 73.1 Å². The number of anilines is 1. The fraction of sp³-hybridized carbons (Fsp3) is 0.367. The van der Waals surface area contributed by atoms with Crippen molar-refractivity contribution in [2.75, 3.05) is 31.1 Å². The molecule has 0 aliphatic carbocycles. The molecule has 1 atom stereocenters. The lowest BCUT2D eigenvalue weighted by Crippen LogP contribution is -2.48. The van der Waals surface area contributed by atoms with E-state index >= 15 is 0 Å². The average Bonchev–Trinajstić information content (AvgIpc) is 2.91. The van der Waals surface area contributed by atoms with Crippen molar-refractivity contribution >= 4 is 11.5 Å². The monoisotopic (exact) mass is 466 g/mol. The second-order valence-corrected chi connectivity index (χ2v) is 9.24. The van der Waals surface area contributed by atoms with Gasteiger partial charge in [0.15, 0.2) is 0 Å². The minimum atomic E-state index is 0.102. The molecule has 3 aromatic rings. The zero-order valence-electron chi connectivity index (χ0n) is 20.7. The number of carbonyl (C=O) groups is 1. The third-order valence-electron chi connectivity index (χ3n) is 7.14. The van der Waals surface area contributed by atoms with E-state index in [0.717, 1.165) is 50.3 Å². The maximum absolute atomic E-state index is 12.6. The van der Waals surface area contributed by atoms with Crippen molar-refractivity contribution in [2.24, 2.45) is 5.92 Å². The molecule has 180 valence electrons. The van der Waals surface area contributed by atoms with Gasteiger partial charge in [-0.3, -0.25) is 14.7 Å². The smallest absolute Gasteiger partial charge is 0.140 e. The molecule has 5 nitrogen and oxygen atoms in total. The molecule has 35 heavy (non-hydrogen) atoms. The highest BCUT2D eigenvalue weighted by molar-refractivity contribution is 5.83. The molecule has 2 heterocycles. The summed E-state index contributed by atoms with van der Waals surface area (Å²) >= 11 is 0. The fourth-order valence-corrected chi connectivity index (χ4v) is 5.16. The first-order chi connectivity index (χ1) is 17.1. The van der Waals surface area contributed by atoms with Crippen molar-refractivity contribution in [3.8, 4) is 6.07 Å². The van der Waals surface area contributed by atoms with Crippen LogP contribution in [0, 0.1) is 17.2 Å². The Morgan fingerprint density at radius 3 is 2.31 bits per heavy atom. The Labute approximate surface area is 209 Å². The fourth-order valence-electron chi connectivity index (χ4n) is 5.16. The van der Waals surface area contributed by atoms with Crippen molar-refractivity contribution in [1.29, 1.82) is 5.26 Å². The van der Waals surface area contributed by atoms with Crippen LogP contribution in [0.5, 0.6) is 0 Å². The lowest BCUT2D eigenvalue weighted by atomic mass is 9.92. The van der Waals surface area contributed by atoms with Gasteiger partial charge in [0.1, 0.15) is 11.9 Å². The number of hydrogen-bond acceptors (Lipinski definition) is 5. The summed E-state index contributed by atoms with van der Waals surface area (Å²) in [6.45, 7) is 7.56. The van der Waals surface area contributed by atoms with Crippen LogP contribution >= 0.6 is 0 Å². The van der Waals surface area contributed by atoms with E-state index in [2.05, 4.69) is 65.0 Å². The number of nitriles is 1. The zero-order chi connectivity index (χ0) is 24.6. The Morgan fingerprint density at radius 1 is 0.971 bits per heavy atom. The standard InChI is InChI=1S/C30H34N4O/c1-3-24(4-2)29(35)20-23-12-13-28(27(19-23)21-31)33-15-17-34(18-16-33)30(25-9-6-5-7-10-25)26-11-8-14-32-22-26/h5-14,19,22,24,30H,3-4,15-18,20H2,1-2H3. The van der Waals surface area contributed by atoms with E-state index in [1.165, 1.54) is 11.1 Å². The zero-order valence-corrected chi connectivity index (χ0v) is 20.7. The maximum Gasteiger partial charge on any atom is 0.140 e. The number of nitrogens with zero attached hydrogens (tertiary/aromatic N) is 4. The van der Waals surface area contributed by atoms with Crippen LogP contribution in [-0.2, 0) is 11.2 Å². The summed E-state index contributed by atoms with van der Waals surface area (Å²) in [4.78, 5) is 21.8. The van der Waals surface area contributed by atoms with Crippen molar-refractivity contribution in [1.82, 2.24) is 9.88 Å². The first kappa shape index (κ1) is 24.6. The molecule has 0 radical (unpaired) electrons. The molecule has 1 aliphatic rings. The Morgan fingerprint density at radius 2 is 1.69 bits per heavy atom. The van der Waals surface area contributed by atoms with Gasteiger partial charge < -0.3 is 4.90 Å². The average molecular weight is 467 g/mol. The number of ketones is 1. The maximum atomic E-state index is 12.6. The molecule has 0 N–H and O–H groups in total. The Balaban J connectivity index is 1.49. The quantitative estimate of drug-likeness (QED) is 0.422. The van der Waals surface area contributed by atoms with Crippen LogP contribution < -0.4 is 4.90 Å². The molecule has 0 amide bonds. The number of rotatable bonds is 9. The predicted molar refractivity (Wildman–Crippen MR) is 140 cm³/mol. The summed E-state index contributed by atoms with van der Waals surface area (Å²) in [7, 11) is 0. The van der Waals surface area contributed by atoms with Gasteiger partial charge in [0.25, 0.3) is 0 Å². The highest BCUT2D eigenvalue weighted by atomic mass is 16.1. The number of benzene rings is 2. The van der Waals surface area contributed by atoms with Gasteiger partial charge in [-0.25, -0.2) is 0 Å². The minimum absolute atomic E-state index is 0.102. The summed E-state index contributed by atoms with van der Waals surface area (Å²) in [6, 6.07) is 23.2. The van der Waals surface area contributed by atoms with E-state index in [0.29, 0.717) is 12.0 Å². The molecular formula is C30H34N4O. The molecular weight excluding hydrogens is 432 g/mol. The number of aromatic nitrogens is 1. The van der Waals surface area contributed by atoms with Crippen molar-refractivity contribution in [3.63, 3.8) is 0 Å². The van der Waals surface area contributed by atoms with Gasteiger partial charge in [0.05, 0.1) is 17.3 Å². The molecule has 0 spiro atoms. The SMILES string of the molecule is CCC(CC)C(=O)Cc1ccc(N2CCN(C(c3ccccc3)c3cccnc3)CC2)c(C#N)c1. The van der Waals surface area contributed by atoms with Crippen molar-refractivity contribution in [2.45, 2.75) is 39.2 Å². The molecule has 0 bridgehead atoms. The summed E-state index contributed by atoms with van der Waals surface area (Å²) < 4.78 is 0. The largest absolute Gasteiger partial charge is 0.368 e. The van der Waals surface area contributed by atoms with Gasteiger partial charge in [-0.1, -0.05) is 56.3 Å². The number of carbonyl (C=O) groups excluding carboxylic acids is 1. The van der Waals surface area contributed by atoms with Gasteiger partial charge in [-0.05, 0) is 47.7 Å². The molecule has 1 aliphatic heterocycles. The molecule has 1 saturated heterocycles. The van der Waals surface area contributed by atoms with E-state index in [4.69, 9.17) is 0 Å². The molecule has 1 unspecified atom stereocenters. The molecule has 1 aromatic heterocycles. The molecule has 0 saturated carbocycles. The van der Waals surface area contributed by atoms with Gasteiger partial charge in [0.2, 0.25) is 0 Å². The van der Waals surface area contributed by atoms with Gasteiger partial charge in [-0.15, -0.1) is 0 Å². The van der Waals surface area contributed by atoms with Gasteiger partial charge in [-0.2, -0.15) is 5.26 Å². The second-order valence-electron chi connectivity index (χ2n) is 9.24. The lowest BCUT2D eigenvalue weighted by molar-refractivity contribution is -0.122. The van der Waals surface area contributed by atoms with E-state index in [1.807, 2.05) is 42.7 Å². The van der Waals surface area contributed by atoms with Crippen molar-refractivity contribution < 1.29 is 4.79 Å². The van der Waals surface area contributed by atoms with E-state index < -0.39 is 0 Å². The normalized spacial score (nSPS) is 15.1. The van der Waals surface area contributed by atoms with Crippen LogP contribution in [0.1, 0.15) is 55.0 Å². The Hall–Kier alpha value is -3.49. The Bertz CT molecular complexity index is 1100. The number of hydrogen-bond donors (Lipinski definition) is 0. The topological polar surface area (TPSA) is 60.2 Å². The molecule has 5 heteroatoms. The van der Waals surface area contributed by atoms with E-state index in [1.54, 1.807) is 0 Å². The van der Waals surface area contributed by atoms with Crippen LogP contribution in [0.4, 0.5) is 5.69 Å². The highest BCUT2D eigenvalue weighted by Gasteiger charge is 2.27. The van der Waals surface area contributed by atoms with Crippen LogP contribution in [0.25, 0.3) is 0 Å². The van der Waals surface area contributed by atoms with E-state index in [9.17, 15) is 10.1 Å². The van der Waals surface area contributed by atoms with Crippen LogP contribution in [0.2, 0.25) is 0 Å². The molecule has 1 fully saturated rings. The Kier molecular flexibility index (Phi) is 8.28. The minimum Gasteiger partial charge on any atom is -0.368 e. The third-order valence-corrected chi connectivity index (χ3v) is 7.14. The summed E-state index contributed by atoms with van der Waals surface area (Å²) in [5, 5.41) is 9.87. The third kappa shape index (κ3) is 5.78. The summed E-state index contributed by atoms with van der Waals surface area (Å²) in [6.07, 6.45) is 5.91. The number of piperazine rings is 1. The first-order valence-electron chi connectivity index (χ1n) is 12.6. The second kappa shape index (κ2) is 11.8. The van der Waals surface area contributed by atoms with Crippen molar-refractivity contribution in [3.05, 3.63) is 95.3 Å². The predicted octanol–water partition coefficient (Wildman–Crippen LogP) is 5.41. The highest BCUT2D eigenvalue weighted by Crippen LogP contribution is 2.31. The van der Waals surface area contributed by atoms with Crippen LogP contribution in [0.3, 0.4) is 0 Å². The summed E-state index contributed by atoms with van der Waals surface area (Å²) in [5.74, 6) is 0.369. The van der Waals surface area contributed by atoms with Gasteiger partial charge in [0, 0.05) is 50.9 Å². The molecule has 2 aromatic carbocycles. The first-order valence-corrected chi connectivity index (χ1v) is 12.6. The molecule has 4 rings (SSSR count). The lowest BCUT2D eigenvalue weighted by Gasteiger charge is -2.40. The van der Waals surface area contributed by atoms with Gasteiger partial charge >= 0.3 is 0 Å². The number of pyridine rings is 1. The summed E-state index contributed by atoms with van der Waals surface area (Å²) in [5.41, 5.74) is 5.00.